The van der Waals surface area contributed by atoms with Gasteiger partial charge in [-0.15, -0.1) is 10.2 Å². The predicted octanol–water partition coefficient (Wildman–Crippen LogP) is 2.38. The molecule has 2 atom stereocenters. The maximum Gasteiger partial charge on any atom is 0.312 e. The Balaban J connectivity index is 1.58. The minimum Gasteiger partial charge on any atom is -0.458 e. The van der Waals surface area contributed by atoms with E-state index in [1.807, 2.05) is 30.3 Å². The third kappa shape index (κ3) is 2.59. The molecule has 0 unspecified atom stereocenters. The summed E-state index contributed by atoms with van der Waals surface area (Å²) in [5.74, 6) is 0.00785. The number of aromatic amines is 1. The largest absolute Gasteiger partial charge is 0.458 e. The number of carbonyl (C=O) groups is 1. The number of fused-ring (bicyclic) bond motifs is 2. The number of aliphatic hydroxyl groups excluding tert-OH is 1. The number of rotatable bonds is 3. The molecule has 0 bridgehead atoms. The SMILES string of the molecule is C[C@H](O)c1nnc(C(=O)N2CCc3[nH]cnc3[C@H]2c2cc3ccccc3o2)o1. The zero-order valence-corrected chi connectivity index (χ0v) is 15.0. The second kappa shape index (κ2) is 6.31. The van der Waals surface area contributed by atoms with Crippen molar-refractivity contribution < 1.29 is 18.7 Å². The monoisotopic (exact) mass is 379 g/mol. The van der Waals surface area contributed by atoms with E-state index in [4.69, 9.17) is 8.83 Å². The van der Waals surface area contributed by atoms with Crippen molar-refractivity contribution in [3.8, 4) is 0 Å². The van der Waals surface area contributed by atoms with E-state index in [0.717, 1.165) is 22.4 Å². The van der Waals surface area contributed by atoms with Crippen LogP contribution < -0.4 is 0 Å². The number of para-hydroxylation sites is 1. The Morgan fingerprint density at radius 3 is 2.96 bits per heavy atom. The first kappa shape index (κ1) is 16.7. The molecule has 1 aromatic carbocycles. The minimum absolute atomic E-state index is 0.00102. The molecule has 4 aromatic rings. The maximum absolute atomic E-state index is 13.1. The maximum atomic E-state index is 13.1. The zero-order chi connectivity index (χ0) is 19.3. The van der Waals surface area contributed by atoms with Crippen molar-refractivity contribution in [2.75, 3.05) is 6.54 Å². The highest BCUT2D eigenvalue weighted by Gasteiger charge is 2.38. The van der Waals surface area contributed by atoms with Gasteiger partial charge >= 0.3 is 11.8 Å². The quantitative estimate of drug-likeness (QED) is 0.560. The number of H-pyrrole nitrogens is 1. The summed E-state index contributed by atoms with van der Waals surface area (Å²) < 4.78 is 11.4. The number of carbonyl (C=O) groups excluding carboxylic acids is 1. The lowest BCUT2D eigenvalue weighted by molar-refractivity contribution is 0.0623. The summed E-state index contributed by atoms with van der Waals surface area (Å²) in [6.07, 6.45) is 1.29. The summed E-state index contributed by atoms with van der Waals surface area (Å²) in [7, 11) is 0. The van der Waals surface area contributed by atoms with Crippen LogP contribution in [0.5, 0.6) is 0 Å². The molecule has 0 aliphatic carbocycles. The van der Waals surface area contributed by atoms with E-state index in [9.17, 15) is 9.90 Å². The van der Waals surface area contributed by atoms with Crippen LogP contribution in [-0.2, 0) is 6.42 Å². The average molecular weight is 379 g/mol. The molecule has 9 nitrogen and oxygen atoms in total. The van der Waals surface area contributed by atoms with Crippen LogP contribution in [0, 0.1) is 0 Å². The molecule has 3 aromatic heterocycles. The zero-order valence-electron chi connectivity index (χ0n) is 15.0. The standard InChI is InChI=1S/C19H17N5O4/c1-10(25)17-22-23-18(28-17)19(26)24-7-6-12-15(21-9-20-12)16(24)14-8-11-4-2-3-5-13(11)27-14/h2-5,8-10,16,25H,6-7H2,1H3,(H,20,21)/t10-,16+/m0/s1. The Labute approximate surface area is 159 Å². The van der Waals surface area contributed by atoms with Crippen molar-refractivity contribution in [3.05, 3.63) is 65.6 Å². The van der Waals surface area contributed by atoms with E-state index < -0.39 is 18.1 Å². The van der Waals surface area contributed by atoms with Crippen molar-refractivity contribution in [2.24, 2.45) is 0 Å². The lowest BCUT2D eigenvalue weighted by Crippen LogP contribution is -2.40. The molecule has 1 amide bonds. The van der Waals surface area contributed by atoms with Gasteiger partial charge in [-0.25, -0.2) is 4.98 Å². The van der Waals surface area contributed by atoms with Gasteiger partial charge in [-0.05, 0) is 19.1 Å². The molecule has 28 heavy (non-hydrogen) atoms. The lowest BCUT2D eigenvalue weighted by Gasteiger charge is -2.32. The van der Waals surface area contributed by atoms with E-state index in [-0.39, 0.29) is 11.8 Å². The van der Waals surface area contributed by atoms with Crippen LogP contribution in [0.25, 0.3) is 11.0 Å². The highest BCUT2D eigenvalue weighted by molar-refractivity contribution is 5.90. The van der Waals surface area contributed by atoms with Gasteiger partial charge in [0.05, 0.1) is 12.0 Å². The number of hydrogen-bond acceptors (Lipinski definition) is 7. The van der Waals surface area contributed by atoms with Gasteiger partial charge in [0.15, 0.2) is 0 Å². The van der Waals surface area contributed by atoms with Crippen molar-refractivity contribution >= 4 is 16.9 Å². The van der Waals surface area contributed by atoms with E-state index in [1.165, 1.54) is 6.92 Å². The fraction of sp³-hybridized carbons (Fsp3) is 0.263. The van der Waals surface area contributed by atoms with Gasteiger partial charge in [0.25, 0.3) is 0 Å². The number of nitrogens with one attached hydrogen (secondary N) is 1. The van der Waals surface area contributed by atoms with Crippen LogP contribution >= 0.6 is 0 Å². The van der Waals surface area contributed by atoms with Crippen molar-refractivity contribution in [1.29, 1.82) is 0 Å². The third-order valence-electron chi connectivity index (χ3n) is 4.88. The van der Waals surface area contributed by atoms with E-state index in [1.54, 1.807) is 11.2 Å². The van der Waals surface area contributed by atoms with Gasteiger partial charge in [0, 0.05) is 24.0 Å². The van der Waals surface area contributed by atoms with Crippen molar-refractivity contribution in [2.45, 2.75) is 25.5 Å². The molecular formula is C19H17N5O4. The summed E-state index contributed by atoms with van der Waals surface area (Å²) in [5, 5.41) is 18.1. The number of furan rings is 1. The summed E-state index contributed by atoms with van der Waals surface area (Å²) in [6.45, 7) is 1.93. The van der Waals surface area contributed by atoms with Crippen LogP contribution in [0.4, 0.5) is 0 Å². The number of imidazole rings is 1. The van der Waals surface area contributed by atoms with Crippen LogP contribution in [0.15, 0.2) is 45.5 Å². The highest BCUT2D eigenvalue weighted by atomic mass is 16.4. The number of benzene rings is 1. The lowest BCUT2D eigenvalue weighted by atomic mass is 10.00. The van der Waals surface area contributed by atoms with Gasteiger partial charge in [-0.2, -0.15) is 0 Å². The average Bonchev–Trinajstić information content (AvgIpc) is 3.44. The van der Waals surface area contributed by atoms with Gasteiger partial charge in [-0.3, -0.25) is 4.79 Å². The van der Waals surface area contributed by atoms with Gasteiger partial charge in [-0.1, -0.05) is 18.2 Å². The molecule has 0 radical (unpaired) electrons. The number of hydrogen-bond donors (Lipinski definition) is 2. The number of amides is 1. The Hall–Kier alpha value is -3.46. The van der Waals surface area contributed by atoms with Crippen molar-refractivity contribution in [1.82, 2.24) is 25.1 Å². The van der Waals surface area contributed by atoms with E-state index in [2.05, 4.69) is 20.2 Å². The summed E-state index contributed by atoms with van der Waals surface area (Å²) in [6, 6.07) is 9.06. The van der Waals surface area contributed by atoms with Crippen LogP contribution in [0.3, 0.4) is 0 Å². The molecule has 1 aliphatic rings. The smallest absolute Gasteiger partial charge is 0.312 e. The first-order valence-corrected chi connectivity index (χ1v) is 8.95. The van der Waals surface area contributed by atoms with E-state index in [0.29, 0.717) is 18.7 Å². The molecule has 0 spiro atoms. The highest BCUT2D eigenvalue weighted by Crippen LogP contribution is 2.37. The third-order valence-corrected chi connectivity index (χ3v) is 4.88. The molecule has 0 saturated heterocycles. The molecule has 9 heteroatoms. The molecule has 142 valence electrons. The van der Waals surface area contributed by atoms with Gasteiger partial charge < -0.3 is 23.8 Å². The molecule has 2 N–H and O–H groups in total. The number of aromatic nitrogens is 4. The van der Waals surface area contributed by atoms with E-state index >= 15 is 0 Å². The molecule has 0 fully saturated rings. The fourth-order valence-corrected chi connectivity index (χ4v) is 3.53. The topological polar surface area (TPSA) is 121 Å². The summed E-state index contributed by atoms with van der Waals surface area (Å²) in [5.41, 5.74) is 2.43. The summed E-state index contributed by atoms with van der Waals surface area (Å²) in [4.78, 5) is 22.3. The minimum atomic E-state index is -0.945. The number of aliphatic hydroxyl groups is 1. The molecule has 4 heterocycles. The second-order valence-electron chi connectivity index (χ2n) is 6.73. The number of nitrogens with zero attached hydrogens (tertiary/aromatic N) is 4. The Kier molecular flexibility index (Phi) is 3.76. The molecule has 1 aliphatic heterocycles. The molecular weight excluding hydrogens is 362 g/mol. The Morgan fingerprint density at radius 2 is 2.18 bits per heavy atom. The van der Waals surface area contributed by atoms with Gasteiger partial charge in [0.1, 0.15) is 23.5 Å². The van der Waals surface area contributed by atoms with Gasteiger partial charge in [0.2, 0.25) is 5.89 Å². The van der Waals surface area contributed by atoms with Crippen LogP contribution in [0.1, 0.15) is 52.8 Å². The Morgan fingerprint density at radius 1 is 1.32 bits per heavy atom. The fourth-order valence-electron chi connectivity index (χ4n) is 3.53. The van der Waals surface area contributed by atoms with Crippen molar-refractivity contribution in [3.63, 3.8) is 0 Å². The first-order valence-electron chi connectivity index (χ1n) is 8.95. The molecule has 5 rings (SSSR count). The van der Waals surface area contributed by atoms with Crippen LogP contribution in [0.2, 0.25) is 0 Å². The Bertz CT molecular complexity index is 1120. The predicted molar refractivity (Wildman–Crippen MR) is 96.3 cm³/mol. The normalized spacial score (nSPS) is 17.6. The second-order valence-corrected chi connectivity index (χ2v) is 6.73. The first-order chi connectivity index (χ1) is 13.6. The summed E-state index contributed by atoms with van der Waals surface area (Å²) >= 11 is 0. The molecule has 0 saturated carbocycles. The van der Waals surface area contributed by atoms with Crippen LogP contribution in [-0.4, -0.2) is 42.6 Å².